The lowest BCUT2D eigenvalue weighted by Gasteiger charge is -2.42. The van der Waals surface area contributed by atoms with E-state index in [0.29, 0.717) is 11.1 Å². The third kappa shape index (κ3) is 8.20. The van der Waals surface area contributed by atoms with Crippen LogP contribution in [0.4, 0.5) is 10.5 Å². The molecule has 0 aromatic heterocycles. The van der Waals surface area contributed by atoms with Crippen LogP contribution in [0.5, 0.6) is 5.75 Å². The van der Waals surface area contributed by atoms with Crippen LogP contribution in [0.2, 0.25) is 5.02 Å². The van der Waals surface area contributed by atoms with E-state index in [2.05, 4.69) is 5.32 Å². The summed E-state index contributed by atoms with van der Waals surface area (Å²) in [5, 5.41) is 25.6. The van der Waals surface area contributed by atoms with Gasteiger partial charge in [-0.1, -0.05) is 50.6 Å². The minimum atomic E-state index is -1.89. The second kappa shape index (κ2) is 15.5. The predicted molar refractivity (Wildman–Crippen MR) is 187 cm³/mol. The highest BCUT2D eigenvalue weighted by atomic mass is 35.5. The number of esters is 1. The highest BCUT2D eigenvalue weighted by Gasteiger charge is 2.64. The molecule has 0 saturated carbocycles. The number of carbonyl (C=O) groups excluding carboxylic acids is 4. The number of epoxide rings is 1. The van der Waals surface area contributed by atoms with E-state index in [4.69, 9.17) is 35.3 Å². The van der Waals surface area contributed by atoms with Gasteiger partial charge in [0.15, 0.2) is 5.72 Å². The molecule has 3 amide bonds. The highest BCUT2D eigenvalue weighted by molar-refractivity contribution is 6.35. The van der Waals surface area contributed by atoms with Gasteiger partial charge in [0.25, 0.3) is 0 Å². The number of aliphatic hydroxyl groups excluding tert-OH is 1. The van der Waals surface area contributed by atoms with Gasteiger partial charge in [-0.25, -0.2) is 9.59 Å². The Morgan fingerprint density at radius 1 is 1.20 bits per heavy atom. The SMILES string of the molecule is COc1cc2cc(c1Cl)N(C)C(=O)C[C@H](OC(=O)[C@H](C)N(C)C(=O)C(C)C)[C@]1(C)O[C@H]1[C@H](C)[C@@H]1C[C@@](O)(NC(=O)O1)[C@H](OC)/C=C/C=C(\C)C2O. The van der Waals surface area contributed by atoms with E-state index in [1.54, 1.807) is 65.0 Å². The van der Waals surface area contributed by atoms with E-state index in [-0.39, 0.29) is 41.1 Å². The Morgan fingerprint density at radius 3 is 2.47 bits per heavy atom. The van der Waals surface area contributed by atoms with Gasteiger partial charge in [-0.2, -0.15) is 0 Å². The smallest absolute Gasteiger partial charge is 0.409 e. The van der Waals surface area contributed by atoms with Crippen molar-refractivity contribution >= 4 is 41.2 Å². The van der Waals surface area contributed by atoms with Crippen molar-refractivity contribution in [3.05, 3.63) is 46.5 Å². The monoisotopic (exact) mass is 735 g/mol. The standard InChI is InChI=1S/C36H50ClN3O11/c1-18(2)32(43)39(7)21(5)33(44)50-27-16-28(41)40(8)23-14-22(15-24(47-9)29(23)37)30(42)19(3)12-11-13-26(48-10)36(46)17-25(49-34(45)38-36)20(4)31-35(27,6)51-31/h11-15,18,20-21,25-27,30-31,42,46H,16-17H2,1-10H3,(H,38,45)/b13-11+,19-12+/t20-,21+,25+,26-,27+,30?,31+,35+,36+/m1/s1. The van der Waals surface area contributed by atoms with Crippen LogP contribution in [-0.2, 0) is 33.3 Å². The Hall–Kier alpha value is -3.69. The van der Waals surface area contributed by atoms with Crippen molar-refractivity contribution < 1.29 is 53.1 Å². The minimum Gasteiger partial charge on any atom is -0.495 e. The fourth-order valence-electron chi connectivity index (χ4n) is 6.58. The van der Waals surface area contributed by atoms with Gasteiger partial charge >= 0.3 is 12.1 Å². The van der Waals surface area contributed by atoms with Crippen molar-refractivity contribution in [3.8, 4) is 5.75 Å². The maximum atomic E-state index is 14.1. The van der Waals surface area contributed by atoms with Crippen molar-refractivity contribution in [1.82, 2.24) is 10.2 Å². The molecule has 2 saturated heterocycles. The zero-order valence-electron chi connectivity index (χ0n) is 30.8. The zero-order valence-corrected chi connectivity index (χ0v) is 31.5. The second-order valence-electron chi connectivity index (χ2n) is 14.1. The lowest BCUT2D eigenvalue weighted by atomic mass is 9.83. The first-order valence-corrected chi connectivity index (χ1v) is 17.2. The number of anilines is 1. The molecule has 4 bridgehead atoms. The quantitative estimate of drug-likeness (QED) is 0.287. The van der Waals surface area contributed by atoms with Crippen molar-refractivity contribution in [2.45, 2.75) is 102 Å². The average molecular weight is 736 g/mol. The Bertz CT molecular complexity index is 1580. The molecule has 0 spiro atoms. The molecule has 3 heterocycles. The molecule has 3 N–H and O–H groups in total. The number of ether oxygens (including phenoxy) is 5. The van der Waals surface area contributed by atoms with E-state index in [1.165, 1.54) is 45.0 Å². The number of alkyl carbamates (subject to hydrolysis) is 1. The molecular weight excluding hydrogens is 686 g/mol. The Morgan fingerprint density at radius 2 is 1.86 bits per heavy atom. The largest absolute Gasteiger partial charge is 0.495 e. The Labute approximate surface area is 303 Å². The molecule has 1 aromatic rings. The Kier molecular flexibility index (Phi) is 12.2. The van der Waals surface area contributed by atoms with Crippen molar-refractivity contribution in [2.75, 3.05) is 33.2 Å². The van der Waals surface area contributed by atoms with Crippen LogP contribution in [0.15, 0.2) is 35.9 Å². The molecule has 51 heavy (non-hydrogen) atoms. The number of hydrogen-bond acceptors (Lipinski definition) is 11. The number of hydrogen-bond donors (Lipinski definition) is 3. The first kappa shape index (κ1) is 40.1. The van der Waals surface area contributed by atoms with E-state index >= 15 is 0 Å². The molecule has 9 atom stereocenters. The summed E-state index contributed by atoms with van der Waals surface area (Å²) in [7, 11) is 5.80. The summed E-state index contributed by atoms with van der Waals surface area (Å²) in [5.41, 5.74) is -2.04. The number of amides is 3. The topological polar surface area (TPSA) is 177 Å². The predicted octanol–water partition coefficient (Wildman–Crippen LogP) is 3.66. The van der Waals surface area contributed by atoms with Gasteiger partial charge in [-0.15, -0.1) is 0 Å². The number of likely N-dealkylation sites (N-methyl/N-ethyl adjacent to an activating group) is 1. The summed E-state index contributed by atoms with van der Waals surface area (Å²) in [6, 6.07) is 2.13. The highest BCUT2D eigenvalue weighted by Crippen LogP contribution is 2.49. The van der Waals surface area contributed by atoms with Crippen LogP contribution in [0.1, 0.15) is 66.1 Å². The fourth-order valence-corrected chi connectivity index (χ4v) is 6.90. The molecule has 15 heteroatoms. The van der Waals surface area contributed by atoms with Gasteiger partial charge in [0.05, 0.1) is 25.3 Å². The van der Waals surface area contributed by atoms with Crippen LogP contribution < -0.4 is 15.0 Å². The van der Waals surface area contributed by atoms with Gasteiger partial charge in [0.2, 0.25) is 11.8 Å². The maximum Gasteiger partial charge on any atom is 0.409 e. The van der Waals surface area contributed by atoms with Gasteiger partial charge in [0, 0.05) is 39.5 Å². The summed E-state index contributed by atoms with van der Waals surface area (Å²) < 4.78 is 28.9. The first-order chi connectivity index (χ1) is 23.8. The van der Waals surface area contributed by atoms with Crippen LogP contribution in [0, 0.1) is 11.8 Å². The molecule has 1 unspecified atom stereocenters. The van der Waals surface area contributed by atoms with Gasteiger partial charge < -0.3 is 43.7 Å². The van der Waals surface area contributed by atoms with Gasteiger partial charge in [-0.05, 0) is 44.0 Å². The van der Waals surface area contributed by atoms with E-state index in [1.807, 2.05) is 0 Å². The lowest BCUT2D eigenvalue weighted by Crippen LogP contribution is -2.63. The maximum absolute atomic E-state index is 14.1. The van der Waals surface area contributed by atoms with E-state index < -0.39 is 71.8 Å². The normalized spacial score (nSPS) is 33.5. The number of rotatable bonds is 6. The van der Waals surface area contributed by atoms with Gasteiger partial charge in [0.1, 0.15) is 46.8 Å². The summed E-state index contributed by atoms with van der Waals surface area (Å²) in [6.07, 6.45) is -1.50. The second-order valence-corrected chi connectivity index (χ2v) is 14.4. The number of carbonyl (C=O) groups is 4. The number of nitrogens with zero attached hydrogens (tertiary/aromatic N) is 2. The molecular formula is C36H50ClN3O11. The molecule has 0 radical (unpaired) electrons. The summed E-state index contributed by atoms with van der Waals surface area (Å²) in [6.45, 7) is 10.1. The summed E-state index contributed by atoms with van der Waals surface area (Å²) in [4.78, 5) is 55.8. The molecule has 14 nitrogen and oxygen atoms in total. The molecule has 2 fully saturated rings. The number of halogens is 1. The molecule has 3 aliphatic rings. The third-order valence-corrected chi connectivity index (χ3v) is 10.6. The van der Waals surface area contributed by atoms with Crippen LogP contribution in [-0.4, -0.2) is 109 Å². The first-order valence-electron chi connectivity index (χ1n) is 16.9. The van der Waals surface area contributed by atoms with E-state index in [0.717, 1.165) is 0 Å². The van der Waals surface area contributed by atoms with Crippen molar-refractivity contribution in [3.63, 3.8) is 0 Å². The molecule has 4 rings (SSSR count). The molecule has 1 aromatic carbocycles. The van der Waals surface area contributed by atoms with Gasteiger partial charge in [-0.3, -0.25) is 14.9 Å². The number of aliphatic hydroxyl groups is 2. The van der Waals surface area contributed by atoms with E-state index in [9.17, 15) is 29.4 Å². The number of allylic oxidation sites excluding steroid dienone is 2. The van der Waals surface area contributed by atoms with Crippen molar-refractivity contribution in [1.29, 1.82) is 0 Å². The third-order valence-electron chi connectivity index (χ3n) is 10.2. The molecule has 282 valence electrons. The zero-order chi connectivity index (χ0) is 38.2. The molecule has 0 aliphatic carbocycles. The fraction of sp³-hybridized carbons (Fsp3) is 0.611. The van der Waals surface area contributed by atoms with Crippen molar-refractivity contribution in [2.24, 2.45) is 11.8 Å². The minimum absolute atomic E-state index is 0.0978. The summed E-state index contributed by atoms with van der Waals surface area (Å²) >= 11 is 6.70. The number of methoxy groups -OCH3 is 2. The number of benzene rings is 1. The Balaban J connectivity index is 1.81. The number of nitrogens with one attached hydrogen (secondary N) is 1. The average Bonchev–Trinajstić information content (AvgIpc) is 3.78. The lowest BCUT2D eigenvalue weighted by molar-refractivity contribution is -0.162. The van der Waals surface area contributed by atoms with Crippen LogP contribution in [0.25, 0.3) is 0 Å². The van der Waals surface area contributed by atoms with Crippen LogP contribution in [0.3, 0.4) is 0 Å². The summed E-state index contributed by atoms with van der Waals surface area (Å²) in [5.74, 6) is -2.24. The van der Waals surface area contributed by atoms with Crippen LogP contribution >= 0.6 is 11.6 Å². The number of fused-ring (bicyclic) bond motifs is 5. The molecule has 3 aliphatic heterocycles.